The van der Waals surface area contributed by atoms with Gasteiger partial charge in [-0.25, -0.2) is 0 Å². The first kappa shape index (κ1) is 10.7. The molecule has 3 nitrogen and oxygen atoms in total. The van der Waals surface area contributed by atoms with Crippen LogP contribution >= 0.6 is 0 Å². The largest absolute Gasteiger partial charge is 0.394 e. The van der Waals surface area contributed by atoms with Crippen molar-refractivity contribution in [1.29, 1.82) is 0 Å². The Morgan fingerprint density at radius 1 is 1.54 bits per heavy atom. The van der Waals surface area contributed by atoms with Crippen molar-refractivity contribution in [2.45, 2.75) is 32.2 Å². The van der Waals surface area contributed by atoms with Crippen LogP contribution in [-0.2, 0) is 4.79 Å². The first-order chi connectivity index (χ1) is 5.97. The van der Waals surface area contributed by atoms with Gasteiger partial charge in [0.1, 0.15) is 5.78 Å². The summed E-state index contributed by atoms with van der Waals surface area (Å²) in [5.74, 6) is 0.640. The van der Waals surface area contributed by atoms with Crippen LogP contribution in [0.2, 0.25) is 0 Å². The van der Waals surface area contributed by atoms with E-state index in [2.05, 4.69) is 0 Å². The third-order valence-corrected chi connectivity index (χ3v) is 2.85. The number of ketones is 1. The van der Waals surface area contributed by atoms with Crippen molar-refractivity contribution in [3.05, 3.63) is 0 Å². The second kappa shape index (κ2) is 3.76. The summed E-state index contributed by atoms with van der Waals surface area (Å²) in [6.45, 7) is 4.43. The lowest BCUT2D eigenvalue weighted by Crippen LogP contribution is -2.46. The predicted octanol–water partition coefficient (Wildman–Crippen LogP) is 0.668. The summed E-state index contributed by atoms with van der Waals surface area (Å²) in [5, 5.41) is 9.08. The van der Waals surface area contributed by atoms with Crippen molar-refractivity contribution in [2.24, 2.45) is 5.92 Å². The first-order valence-corrected chi connectivity index (χ1v) is 4.82. The Balaban J connectivity index is 2.38. The molecule has 76 valence electrons. The fourth-order valence-electron chi connectivity index (χ4n) is 1.10. The number of hydrogen-bond acceptors (Lipinski definition) is 3. The van der Waals surface area contributed by atoms with E-state index in [9.17, 15) is 4.79 Å². The maximum absolute atomic E-state index is 11.5. The highest BCUT2D eigenvalue weighted by atomic mass is 16.3. The van der Waals surface area contributed by atoms with Crippen LogP contribution in [0.1, 0.15) is 26.7 Å². The summed E-state index contributed by atoms with van der Waals surface area (Å²) in [5.41, 5.74) is -0.287. The second-order valence-corrected chi connectivity index (χ2v) is 4.57. The lowest BCUT2D eigenvalue weighted by atomic mass is 10.0. The summed E-state index contributed by atoms with van der Waals surface area (Å²) >= 11 is 0. The Hall–Kier alpha value is -0.410. The standard InChI is InChI=1S/C10H19NO2/c1-10(2,7-12)11(3)6-9(13)8-4-5-8/h8,12H,4-7H2,1-3H3. The van der Waals surface area contributed by atoms with Gasteiger partial charge in [-0.05, 0) is 33.7 Å². The third-order valence-electron chi connectivity index (χ3n) is 2.85. The third kappa shape index (κ3) is 2.78. The fourth-order valence-corrected chi connectivity index (χ4v) is 1.10. The van der Waals surface area contributed by atoms with Gasteiger partial charge in [-0.1, -0.05) is 0 Å². The molecule has 0 unspecified atom stereocenters. The minimum Gasteiger partial charge on any atom is -0.394 e. The van der Waals surface area contributed by atoms with Crippen LogP contribution in [0.5, 0.6) is 0 Å². The predicted molar refractivity (Wildman–Crippen MR) is 51.5 cm³/mol. The molecular formula is C10H19NO2. The van der Waals surface area contributed by atoms with Gasteiger partial charge >= 0.3 is 0 Å². The molecule has 1 fully saturated rings. The van der Waals surface area contributed by atoms with E-state index in [1.54, 1.807) is 0 Å². The molecule has 0 aromatic carbocycles. The van der Waals surface area contributed by atoms with Crippen LogP contribution < -0.4 is 0 Å². The van der Waals surface area contributed by atoms with Crippen LogP contribution in [0, 0.1) is 5.92 Å². The van der Waals surface area contributed by atoms with Gasteiger partial charge < -0.3 is 5.11 Å². The lowest BCUT2D eigenvalue weighted by molar-refractivity contribution is -0.122. The van der Waals surface area contributed by atoms with E-state index in [0.29, 0.717) is 18.2 Å². The topological polar surface area (TPSA) is 40.5 Å². The summed E-state index contributed by atoms with van der Waals surface area (Å²) in [7, 11) is 1.89. The van der Waals surface area contributed by atoms with E-state index in [1.807, 2.05) is 25.8 Å². The van der Waals surface area contributed by atoms with E-state index >= 15 is 0 Å². The number of nitrogens with zero attached hydrogens (tertiary/aromatic N) is 1. The molecule has 0 spiro atoms. The molecule has 0 saturated heterocycles. The van der Waals surface area contributed by atoms with Crippen molar-refractivity contribution in [1.82, 2.24) is 4.90 Å². The van der Waals surface area contributed by atoms with Gasteiger partial charge in [0, 0.05) is 11.5 Å². The van der Waals surface area contributed by atoms with Crippen molar-refractivity contribution < 1.29 is 9.90 Å². The quantitative estimate of drug-likeness (QED) is 0.684. The molecule has 1 saturated carbocycles. The van der Waals surface area contributed by atoms with Crippen molar-refractivity contribution in [3.63, 3.8) is 0 Å². The number of aliphatic hydroxyl groups excluding tert-OH is 1. The normalized spacial score (nSPS) is 17.9. The molecule has 0 bridgehead atoms. The zero-order valence-corrected chi connectivity index (χ0v) is 8.71. The second-order valence-electron chi connectivity index (χ2n) is 4.57. The van der Waals surface area contributed by atoms with Gasteiger partial charge in [0.15, 0.2) is 0 Å². The minimum absolute atomic E-state index is 0.0848. The van der Waals surface area contributed by atoms with Crippen molar-refractivity contribution in [3.8, 4) is 0 Å². The molecule has 0 radical (unpaired) electrons. The molecule has 0 aromatic rings. The lowest BCUT2D eigenvalue weighted by Gasteiger charge is -2.33. The average molecular weight is 185 g/mol. The molecular weight excluding hydrogens is 166 g/mol. The van der Waals surface area contributed by atoms with Crippen LogP contribution in [0.4, 0.5) is 0 Å². The number of Topliss-reactive ketones (excluding diaryl/α,β-unsaturated/α-hetero) is 1. The van der Waals surface area contributed by atoms with E-state index in [4.69, 9.17) is 5.11 Å². The van der Waals surface area contributed by atoms with E-state index in [0.717, 1.165) is 12.8 Å². The zero-order chi connectivity index (χ0) is 10.1. The van der Waals surface area contributed by atoms with Gasteiger partial charge in [0.25, 0.3) is 0 Å². The van der Waals surface area contributed by atoms with Gasteiger partial charge in [-0.15, -0.1) is 0 Å². The zero-order valence-electron chi connectivity index (χ0n) is 8.71. The fraction of sp³-hybridized carbons (Fsp3) is 0.900. The van der Waals surface area contributed by atoms with E-state index in [1.165, 1.54) is 0 Å². The number of rotatable bonds is 5. The molecule has 1 aliphatic carbocycles. The number of likely N-dealkylation sites (N-methyl/N-ethyl adjacent to an activating group) is 1. The molecule has 0 heterocycles. The number of hydrogen-bond donors (Lipinski definition) is 1. The van der Waals surface area contributed by atoms with Crippen molar-refractivity contribution >= 4 is 5.78 Å². The van der Waals surface area contributed by atoms with E-state index < -0.39 is 0 Å². The Morgan fingerprint density at radius 3 is 2.46 bits per heavy atom. The SMILES string of the molecule is CN(CC(=O)C1CC1)C(C)(C)CO. The minimum atomic E-state index is -0.287. The molecule has 0 atom stereocenters. The van der Waals surface area contributed by atoms with Crippen LogP contribution in [0.25, 0.3) is 0 Å². The number of carbonyl (C=O) groups is 1. The van der Waals surface area contributed by atoms with Gasteiger partial charge in [-0.3, -0.25) is 9.69 Å². The van der Waals surface area contributed by atoms with Crippen LogP contribution in [0.15, 0.2) is 0 Å². The average Bonchev–Trinajstić information content (AvgIpc) is 2.86. The molecule has 1 aliphatic rings. The number of aliphatic hydroxyl groups is 1. The summed E-state index contributed by atoms with van der Waals surface area (Å²) < 4.78 is 0. The Bertz CT molecular complexity index is 197. The first-order valence-electron chi connectivity index (χ1n) is 4.82. The summed E-state index contributed by atoms with van der Waals surface area (Å²) in [6, 6.07) is 0. The molecule has 3 heteroatoms. The molecule has 0 aromatic heterocycles. The smallest absolute Gasteiger partial charge is 0.149 e. The van der Waals surface area contributed by atoms with E-state index in [-0.39, 0.29) is 12.1 Å². The Morgan fingerprint density at radius 2 is 2.08 bits per heavy atom. The molecule has 1 rings (SSSR count). The van der Waals surface area contributed by atoms with Crippen molar-refractivity contribution in [2.75, 3.05) is 20.2 Å². The molecule has 0 amide bonds. The Kier molecular flexibility index (Phi) is 3.09. The summed E-state index contributed by atoms with van der Waals surface area (Å²) in [6.07, 6.45) is 2.12. The molecule has 0 aliphatic heterocycles. The highest BCUT2D eigenvalue weighted by Crippen LogP contribution is 2.30. The Labute approximate surface area is 79.7 Å². The maximum atomic E-state index is 11.5. The highest BCUT2D eigenvalue weighted by Gasteiger charge is 2.32. The molecule has 1 N–H and O–H groups in total. The monoisotopic (exact) mass is 185 g/mol. The highest BCUT2D eigenvalue weighted by molar-refractivity contribution is 5.85. The maximum Gasteiger partial charge on any atom is 0.149 e. The van der Waals surface area contributed by atoms with Crippen LogP contribution in [0.3, 0.4) is 0 Å². The van der Waals surface area contributed by atoms with Gasteiger partial charge in [0.05, 0.1) is 13.2 Å². The van der Waals surface area contributed by atoms with Crippen LogP contribution in [-0.4, -0.2) is 41.5 Å². The summed E-state index contributed by atoms with van der Waals surface area (Å²) in [4.78, 5) is 13.4. The number of carbonyl (C=O) groups excluding carboxylic acids is 1. The van der Waals surface area contributed by atoms with Gasteiger partial charge in [-0.2, -0.15) is 0 Å². The molecule has 13 heavy (non-hydrogen) atoms. The van der Waals surface area contributed by atoms with Gasteiger partial charge in [0.2, 0.25) is 0 Å².